The minimum atomic E-state index is -0.400. The van der Waals surface area contributed by atoms with Gasteiger partial charge in [0, 0.05) is 6.04 Å². The molecule has 0 aliphatic heterocycles. The molecule has 3 heteroatoms. The molecular weight excluding hydrogens is 224 g/mol. The number of rotatable bonds is 3. The summed E-state index contributed by atoms with van der Waals surface area (Å²) < 4.78 is 0. The van der Waals surface area contributed by atoms with E-state index in [9.17, 15) is 4.79 Å². The van der Waals surface area contributed by atoms with Crippen molar-refractivity contribution in [2.24, 2.45) is 11.1 Å². The largest absolute Gasteiger partial charge is 0.349 e. The predicted molar refractivity (Wildman–Crippen MR) is 72.9 cm³/mol. The van der Waals surface area contributed by atoms with E-state index in [1.54, 1.807) is 0 Å². The SMILES string of the molecule is CC(NC(=O)C1(C)CCCC1N)c1ccccc1. The first-order valence-corrected chi connectivity index (χ1v) is 6.65. The molecule has 3 unspecified atom stereocenters. The molecule has 1 amide bonds. The highest BCUT2D eigenvalue weighted by atomic mass is 16.2. The third-order valence-corrected chi connectivity index (χ3v) is 4.20. The van der Waals surface area contributed by atoms with Gasteiger partial charge >= 0.3 is 0 Å². The number of carbonyl (C=O) groups is 1. The maximum Gasteiger partial charge on any atom is 0.227 e. The van der Waals surface area contributed by atoms with Gasteiger partial charge in [-0.25, -0.2) is 0 Å². The first kappa shape index (κ1) is 13.1. The topological polar surface area (TPSA) is 55.1 Å². The quantitative estimate of drug-likeness (QED) is 0.860. The van der Waals surface area contributed by atoms with Crippen LogP contribution in [0.15, 0.2) is 30.3 Å². The third-order valence-electron chi connectivity index (χ3n) is 4.20. The molecule has 0 aromatic heterocycles. The number of amides is 1. The van der Waals surface area contributed by atoms with E-state index in [2.05, 4.69) is 5.32 Å². The van der Waals surface area contributed by atoms with E-state index in [0.717, 1.165) is 24.8 Å². The molecule has 1 aliphatic rings. The Hall–Kier alpha value is -1.35. The number of hydrogen-bond donors (Lipinski definition) is 2. The van der Waals surface area contributed by atoms with Crippen LogP contribution in [0.25, 0.3) is 0 Å². The predicted octanol–water partition coefficient (Wildman–Crippen LogP) is 2.38. The van der Waals surface area contributed by atoms with Gasteiger partial charge in [0.1, 0.15) is 0 Å². The lowest BCUT2D eigenvalue weighted by molar-refractivity contribution is -0.131. The van der Waals surface area contributed by atoms with E-state index in [4.69, 9.17) is 5.73 Å². The van der Waals surface area contributed by atoms with Crippen molar-refractivity contribution in [3.63, 3.8) is 0 Å². The van der Waals surface area contributed by atoms with Crippen LogP contribution in [0.4, 0.5) is 0 Å². The molecule has 1 aromatic rings. The van der Waals surface area contributed by atoms with Crippen LogP contribution in [-0.2, 0) is 4.79 Å². The second kappa shape index (κ2) is 5.11. The molecule has 3 N–H and O–H groups in total. The van der Waals surface area contributed by atoms with E-state index in [1.165, 1.54) is 0 Å². The number of benzene rings is 1. The van der Waals surface area contributed by atoms with Gasteiger partial charge < -0.3 is 11.1 Å². The second-order valence-corrected chi connectivity index (χ2v) is 5.52. The molecule has 1 aromatic carbocycles. The Morgan fingerprint density at radius 1 is 1.44 bits per heavy atom. The molecule has 1 saturated carbocycles. The summed E-state index contributed by atoms with van der Waals surface area (Å²) in [5.74, 6) is 0.0869. The Bertz CT molecular complexity index is 418. The number of carbonyl (C=O) groups excluding carboxylic acids is 1. The van der Waals surface area contributed by atoms with Crippen LogP contribution in [0, 0.1) is 5.41 Å². The van der Waals surface area contributed by atoms with E-state index < -0.39 is 5.41 Å². The fourth-order valence-electron chi connectivity index (χ4n) is 2.66. The number of nitrogens with two attached hydrogens (primary N) is 1. The van der Waals surface area contributed by atoms with Crippen LogP contribution in [0.5, 0.6) is 0 Å². The van der Waals surface area contributed by atoms with Crippen LogP contribution in [0.1, 0.15) is 44.7 Å². The van der Waals surface area contributed by atoms with Crippen molar-refractivity contribution in [2.75, 3.05) is 0 Å². The molecule has 3 nitrogen and oxygen atoms in total. The summed E-state index contributed by atoms with van der Waals surface area (Å²) in [5, 5.41) is 3.09. The Morgan fingerprint density at radius 2 is 2.11 bits per heavy atom. The highest BCUT2D eigenvalue weighted by molar-refractivity contribution is 5.83. The van der Waals surface area contributed by atoms with Crippen molar-refractivity contribution in [2.45, 2.75) is 45.2 Å². The summed E-state index contributed by atoms with van der Waals surface area (Å²) in [5.41, 5.74) is 6.79. The molecule has 3 atom stereocenters. The average Bonchev–Trinajstić information content (AvgIpc) is 2.72. The zero-order valence-electron chi connectivity index (χ0n) is 11.1. The molecule has 0 bridgehead atoms. The van der Waals surface area contributed by atoms with Crippen LogP contribution in [-0.4, -0.2) is 11.9 Å². The fraction of sp³-hybridized carbons (Fsp3) is 0.533. The molecule has 98 valence electrons. The van der Waals surface area contributed by atoms with E-state index in [-0.39, 0.29) is 18.0 Å². The van der Waals surface area contributed by atoms with Crippen LogP contribution in [0.2, 0.25) is 0 Å². The van der Waals surface area contributed by atoms with Gasteiger partial charge in [0.25, 0.3) is 0 Å². The highest BCUT2D eigenvalue weighted by Gasteiger charge is 2.43. The summed E-state index contributed by atoms with van der Waals surface area (Å²) in [6.45, 7) is 3.99. The van der Waals surface area contributed by atoms with Gasteiger partial charge in [0.15, 0.2) is 0 Å². The standard InChI is InChI=1S/C15H22N2O/c1-11(12-7-4-3-5-8-12)17-14(18)15(2)10-6-9-13(15)16/h3-5,7-8,11,13H,6,9-10,16H2,1-2H3,(H,17,18). The van der Waals surface area contributed by atoms with Gasteiger partial charge in [-0.15, -0.1) is 0 Å². The van der Waals surface area contributed by atoms with Crippen LogP contribution in [0.3, 0.4) is 0 Å². The molecular formula is C15H22N2O. The van der Waals surface area contributed by atoms with Gasteiger partial charge in [0.05, 0.1) is 11.5 Å². The summed E-state index contributed by atoms with van der Waals surface area (Å²) >= 11 is 0. The van der Waals surface area contributed by atoms with E-state index in [1.807, 2.05) is 44.2 Å². The third kappa shape index (κ3) is 2.41. The molecule has 0 spiro atoms. The maximum atomic E-state index is 12.4. The Balaban J connectivity index is 2.04. The molecule has 2 rings (SSSR count). The van der Waals surface area contributed by atoms with Gasteiger partial charge in [-0.3, -0.25) is 4.79 Å². The maximum absolute atomic E-state index is 12.4. The van der Waals surface area contributed by atoms with Crippen molar-refractivity contribution in [1.29, 1.82) is 0 Å². The minimum absolute atomic E-state index is 0.0135. The van der Waals surface area contributed by atoms with Gasteiger partial charge in [-0.2, -0.15) is 0 Å². The fourth-order valence-corrected chi connectivity index (χ4v) is 2.66. The molecule has 0 radical (unpaired) electrons. The summed E-state index contributed by atoms with van der Waals surface area (Å²) in [6.07, 6.45) is 2.88. The highest BCUT2D eigenvalue weighted by Crippen LogP contribution is 2.37. The van der Waals surface area contributed by atoms with E-state index in [0.29, 0.717) is 0 Å². The average molecular weight is 246 g/mol. The summed E-state index contributed by atoms with van der Waals surface area (Å²) in [6, 6.07) is 10.0. The summed E-state index contributed by atoms with van der Waals surface area (Å²) in [4.78, 5) is 12.4. The molecule has 0 heterocycles. The zero-order chi connectivity index (χ0) is 13.2. The zero-order valence-corrected chi connectivity index (χ0v) is 11.1. The van der Waals surface area contributed by atoms with Crippen molar-refractivity contribution in [1.82, 2.24) is 5.32 Å². The van der Waals surface area contributed by atoms with E-state index >= 15 is 0 Å². The van der Waals surface area contributed by atoms with Crippen molar-refractivity contribution in [3.8, 4) is 0 Å². The Morgan fingerprint density at radius 3 is 2.67 bits per heavy atom. The lowest BCUT2D eigenvalue weighted by atomic mass is 9.84. The Kier molecular flexibility index (Phi) is 3.71. The molecule has 18 heavy (non-hydrogen) atoms. The first-order valence-electron chi connectivity index (χ1n) is 6.65. The minimum Gasteiger partial charge on any atom is -0.349 e. The lowest BCUT2D eigenvalue weighted by Crippen LogP contribution is -2.47. The monoisotopic (exact) mass is 246 g/mol. The molecule has 1 fully saturated rings. The van der Waals surface area contributed by atoms with Crippen molar-refractivity contribution < 1.29 is 4.79 Å². The second-order valence-electron chi connectivity index (χ2n) is 5.52. The molecule has 0 saturated heterocycles. The lowest BCUT2D eigenvalue weighted by Gasteiger charge is -2.29. The first-order chi connectivity index (χ1) is 8.54. The van der Waals surface area contributed by atoms with Crippen LogP contribution < -0.4 is 11.1 Å². The summed E-state index contributed by atoms with van der Waals surface area (Å²) in [7, 11) is 0. The van der Waals surface area contributed by atoms with Crippen LogP contribution >= 0.6 is 0 Å². The number of hydrogen-bond acceptors (Lipinski definition) is 2. The smallest absolute Gasteiger partial charge is 0.227 e. The van der Waals surface area contributed by atoms with Crippen molar-refractivity contribution in [3.05, 3.63) is 35.9 Å². The Labute approximate surface area is 109 Å². The normalized spacial score (nSPS) is 28.9. The van der Waals surface area contributed by atoms with Gasteiger partial charge in [-0.05, 0) is 32.3 Å². The van der Waals surface area contributed by atoms with Gasteiger partial charge in [-0.1, -0.05) is 36.8 Å². The van der Waals surface area contributed by atoms with Crippen molar-refractivity contribution >= 4 is 5.91 Å². The van der Waals surface area contributed by atoms with Gasteiger partial charge in [0.2, 0.25) is 5.91 Å². The molecule has 1 aliphatic carbocycles. The number of nitrogens with one attached hydrogen (secondary N) is 1.